The molecule has 2 heteroatoms. The Morgan fingerprint density at radius 2 is 2.00 bits per heavy atom. The molecule has 0 aliphatic heterocycles. The Kier molecular flexibility index (Phi) is 2.60. The Hall–Kier alpha value is -1.54. The highest BCUT2D eigenvalue weighted by molar-refractivity contribution is 5.87. The minimum atomic E-state index is -0.458. The van der Waals surface area contributed by atoms with Gasteiger partial charge in [0.2, 0.25) is 0 Å². The molecule has 1 atom stereocenters. The molecule has 15 heavy (non-hydrogen) atoms. The van der Waals surface area contributed by atoms with Crippen LogP contribution in [0, 0.1) is 0 Å². The van der Waals surface area contributed by atoms with Crippen LogP contribution in [0.4, 0.5) is 0 Å². The largest absolute Gasteiger partial charge is 0.497 e. The highest BCUT2D eigenvalue weighted by atomic mass is 16.5. The maximum atomic E-state index is 9.64. The Labute approximate surface area is 89.1 Å². The van der Waals surface area contributed by atoms with Crippen LogP contribution in [0.2, 0.25) is 0 Å². The summed E-state index contributed by atoms with van der Waals surface area (Å²) in [5, 5.41) is 11.8. The number of aliphatic hydroxyl groups excluding tert-OH is 1. The third-order valence-corrected chi connectivity index (χ3v) is 2.57. The van der Waals surface area contributed by atoms with Gasteiger partial charge in [-0.1, -0.05) is 24.3 Å². The zero-order chi connectivity index (χ0) is 10.8. The number of rotatable bonds is 2. The molecule has 2 aromatic carbocycles. The van der Waals surface area contributed by atoms with Crippen molar-refractivity contribution in [3.05, 3.63) is 42.0 Å². The zero-order valence-electron chi connectivity index (χ0n) is 8.90. The van der Waals surface area contributed by atoms with Crippen LogP contribution in [-0.4, -0.2) is 12.2 Å². The van der Waals surface area contributed by atoms with Crippen LogP contribution in [0.3, 0.4) is 0 Å². The molecular weight excluding hydrogens is 188 g/mol. The maximum Gasteiger partial charge on any atom is 0.119 e. The number of aliphatic hydroxyl groups is 1. The van der Waals surface area contributed by atoms with Gasteiger partial charge in [0.1, 0.15) is 5.75 Å². The van der Waals surface area contributed by atoms with E-state index in [-0.39, 0.29) is 0 Å². The van der Waals surface area contributed by atoms with Gasteiger partial charge < -0.3 is 9.84 Å². The van der Waals surface area contributed by atoms with E-state index in [1.54, 1.807) is 14.0 Å². The molecule has 0 unspecified atom stereocenters. The van der Waals surface area contributed by atoms with Crippen molar-refractivity contribution in [3.8, 4) is 5.75 Å². The summed E-state index contributed by atoms with van der Waals surface area (Å²) in [6.07, 6.45) is -0.458. The van der Waals surface area contributed by atoms with Gasteiger partial charge in [0.25, 0.3) is 0 Å². The molecule has 0 saturated heterocycles. The van der Waals surface area contributed by atoms with E-state index < -0.39 is 6.10 Å². The SMILES string of the molecule is COc1ccc2cccc([C@@H](C)O)c2c1. The Bertz CT molecular complexity index is 475. The molecule has 2 nitrogen and oxygen atoms in total. The van der Waals surface area contributed by atoms with Crippen molar-refractivity contribution in [2.75, 3.05) is 7.11 Å². The van der Waals surface area contributed by atoms with Crippen LogP contribution in [0.25, 0.3) is 10.8 Å². The molecule has 0 heterocycles. The van der Waals surface area contributed by atoms with Crippen molar-refractivity contribution in [3.63, 3.8) is 0 Å². The van der Waals surface area contributed by atoms with E-state index >= 15 is 0 Å². The van der Waals surface area contributed by atoms with Crippen molar-refractivity contribution >= 4 is 10.8 Å². The summed E-state index contributed by atoms with van der Waals surface area (Å²) >= 11 is 0. The van der Waals surface area contributed by atoms with E-state index in [1.165, 1.54) is 0 Å². The average molecular weight is 202 g/mol. The lowest BCUT2D eigenvalue weighted by molar-refractivity contribution is 0.201. The molecule has 0 radical (unpaired) electrons. The molecule has 78 valence electrons. The molecule has 2 rings (SSSR count). The van der Waals surface area contributed by atoms with Crippen LogP contribution < -0.4 is 4.74 Å². The fraction of sp³-hybridized carbons (Fsp3) is 0.231. The topological polar surface area (TPSA) is 29.5 Å². The van der Waals surface area contributed by atoms with Gasteiger partial charge in [0.15, 0.2) is 0 Å². The number of methoxy groups -OCH3 is 1. The Morgan fingerprint density at radius 3 is 2.67 bits per heavy atom. The minimum absolute atomic E-state index is 0.458. The predicted octanol–water partition coefficient (Wildman–Crippen LogP) is 2.90. The van der Waals surface area contributed by atoms with E-state index in [1.807, 2.05) is 36.4 Å². The van der Waals surface area contributed by atoms with Crippen molar-refractivity contribution in [2.45, 2.75) is 13.0 Å². The molecule has 0 aromatic heterocycles. The molecule has 2 aromatic rings. The van der Waals surface area contributed by atoms with Gasteiger partial charge in [-0.15, -0.1) is 0 Å². The zero-order valence-corrected chi connectivity index (χ0v) is 8.90. The van der Waals surface area contributed by atoms with Gasteiger partial charge in [-0.25, -0.2) is 0 Å². The van der Waals surface area contributed by atoms with Crippen molar-refractivity contribution in [1.82, 2.24) is 0 Å². The fourth-order valence-electron chi connectivity index (χ4n) is 1.77. The number of hydrogen-bond acceptors (Lipinski definition) is 2. The van der Waals surface area contributed by atoms with Crippen molar-refractivity contribution in [1.29, 1.82) is 0 Å². The second-order valence-corrected chi connectivity index (χ2v) is 3.61. The summed E-state index contributed by atoms with van der Waals surface area (Å²) in [6.45, 7) is 1.77. The first-order valence-corrected chi connectivity index (χ1v) is 4.97. The summed E-state index contributed by atoms with van der Waals surface area (Å²) in [5.41, 5.74) is 0.936. The summed E-state index contributed by atoms with van der Waals surface area (Å²) in [6, 6.07) is 11.8. The minimum Gasteiger partial charge on any atom is -0.497 e. The summed E-state index contributed by atoms with van der Waals surface area (Å²) < 4.78 is 5.18. The van der Waals surface area contributed by atoms with Crippen LogP contribution >= 0.6 is 0 Å². The van der Waals surface area contributed by atoms with E-state index in [2.05, 4.69) is 0 Å². The van der Waals surface area contributed by atoms with E-state index in [0.29, 0.717) is 0 Å². The Morgan fingerprint density at radius 1 is 1.20 bits per heavy atom. The maximum absolute atomic E-state index is 9.64. The molecule has 0 saturated carbocycles. The first-order valence-electron chi connectivity index (χ1n) is 4.97. The van der Waals surface area contributed by atoms with Gasteiger partial charge in [-0.2, -0.15) is 0 Å². The predicted molar refractivity (Wildman–Crippen MR) is 61.1 cm³/mol. The lowest BCUT2D eigenvalue weighted by Gasteiger charge is -2.10. The molecular formula is C13H14O2. The molecule has 0 amide bonds. The monoisotopic (exact) mass is 202 g/mol. The second kappa shape index (κ2) is 3.91. The van der Waals surface area contributed by atoms with Crippen LogP contribution in [0.15, 0.2) is 36.4 Å². The lowest BCUT2D eigenvalue weighted by atomic mass is 10.0. The summed E-state index contributed by atoms with van der Waals surface area (Å²) in [4.78, 5) is 0. The standard InChI is InChI=1S/C13H14O2/c1-9(14)12-5-3-4-10-6-7-11(15-2)8-13(10)12/h3-9,14H,1-2H3/t9-/m1/s1. The van der Waals surface area contributed by atoms with Crippen molar-refractivity contribution < 1.29 is 9.84 Å². The number of benzene rings is 2. The molecule has 0 fully saturated rings. The Balaban J connectivity index is 2.70. The van der Waals surface area contributed by atoms with Crippen molar-refractivity contribution in [2.24, 2.45) is 0 Å². The number of fused-ring (bicyclic) bond motifs is 1. The number of ether oxygens (including phenoxy) is 1. The lowest BCUT2D eigenvalue weighted by Crippen LogP contribution is -1.92. The van der Waals surface area contributed by atoms with Gasteiger partial charge in [0, 0.05) is 0 Å². The fourth-order valence-corrected chi connectivity index (χ4v) is 1.77. The first kappa shape index (κ1) is 9.99. The summed E-state index contributed by atoms with van der Waals surface area (Å²) in [5.74, 6) is 0.815. The first-order chi connectivity index (χ1) is 7.22. The third kappa shape index (κ3) is 1.81. The third-order valence-electron chi connectivity index (χ3n) is 2.57. The van der Waals surface area contributed by atoms with Gasteiger partial charge in [0.05, 0.1) is 13.2 Å². The molecule has 0 spiro atoms. The smallest absolute Gasteiger partial charge is 0.119 e. The van der Waals surface area contributed by atoms with Gasteiger partial charge in [-0.05, 0) is 35.4 Å². The second-order valence-electron chi connectivity index (χ2n) is 3.61. The van der Waals surface area contributed by atoms with Crippen LogP contribution in [0.5, 0.6) is 5.75 Å². The average Bonchev–Trinajstić information content (AvgIpc) is 2.27. The van der Waals surface area contributed by atoms with E-state index in [9.17, 15) is 5.11 Å². The number of hydrogen-bond donors (Lipinski definition) is 1. The highest BCUT2D eigenvalue weighted by Gasteiger charge is 2.06. The van der Waals surface area contributed by atoms with Crippen LogP contribution in [0.1, 0.15) is 18.6 Å². The summed E-state index contributed by atoms with van der Waals surface area (Å²) in [7, 11) is 1.64. The highest BCUT2D eigenvalue weighted by Crippen LogP contribution is 2.27. The molecule has 0 aliphatic rings. The van der Waals surface area contributed by atoms with Gasteiger partial charge in [-0.3, -0.25) is 0 Å². The molecule has 1 N–H and O–H groups in total. The van der Waals surface area contributed by atoms with Crippen LogP contribution in [-0.2, 0) is 0 Å². The normalized spacial score (nSPS) is 12.7. The van der Waals surface area contributed by atoms with E-state index in [0.717, 1.165) is 22.1 Å². The molecule has 0 bridgehead atoms. The van der Waals surface area contributed by atoms with Gasteiger partial charge >= 0.3 is 0 Å². The van der Waals surface area contributed by atoms with E-state index in [4.69, 9.17) is 4.74 Å². The quantitative estimate of drug-likeness (QED) is 0.811. The molecule has 0 aliphatic carbocycles.